The third-order valence-electron chi connectivity index (χ3n) is 5.95. The first kappa shape index (κ1) is 26.7. The van der Waals surface area contributed by atoms with E-state index in [0.717, 1.165) is 17.0 Å². The Hall–Kier alpha value is -4.32. The van der Waals surface area contributed by atoms with E-state index < -0.39 is 16.1 Å². The molecule has 1 fully saturated rings. The monoisotopic (exact) mass is 537 g/mol. The molecule has 2 aromatic carbocycles. The minimum atomic E-state index is -0.739. The number of amides is 2. The molecule has 0 atom stereocenters. The van der Waals surface area contributed by atoms with Gasteiger partial charge in [-0.3, -0.25) is 24.5 Å². The van der Waals surface area contributed by atoms with Crippen LogP contribution in [-0.2, 0) is 9.59 Å². The molecule has 1 saturated heterocycles. The van der Waals surface area contributed by atoms with Crippen LogP contribution >= 0.6 is 11.3 Å². The molecule has 1 N–H and O–H groups in total. The molecule has 1 aromatic heterocycles. The van der Waals surface area contributed by atoms with Crippen molar-refractivity contribution in [2.75, 3.05) is 41.9 Å². The average Bonchev–Trinajstić information content (AvgIpc) is 3.31. The van der Waals surface area contributed by atoms with Crippen LogP contribution in [-0.4, -0.2) is 54.2 Å². The Bertz CT molecular complexity index is 1380. The molecular formula is C26H27N5O6S. The quantitative estimate of drug-likeness (QED) is 0.270. The van der Waals surface area contributed by atoms with Crippen molar-refractivity contribution in [1.82, 2.24) is 4.98 Å². The Balaban J connectivity index is 1.60. The first-order chi connectivity index (χ1) is 18.0. The summed E-state index contributed by atoms with van der Waals surface area (Å²) in [5.74, 6) is -0.111. The summed E-state index contributed by atoms with van der Waals surface area (Å²) >= 11 is 1.07. The van der Waals surface area contributed by atoms with Gasteiger partial charge in [0.15, 0.2) is 10.9 Å². The topological polar surface area (TPSA) is 135 Å². The molecular weight excluding hydrogens is 510 g/mol. The van der Waals surface area contributed by atoms with Crippen molar-refractivity contribution >= 4 is 51.3 Å². The lowest BCUT2D eigenvalue weighted by molar-refractivity contribution is -0.384. The number of thiazole rings is 1. The number of methoxy groups -OCH3 is 1. The van der Waals surface area contributed by atoms with Crippen LogP contribution in [0.4, 0.5) is 22.3 Å². The fourth-order valence-corrected chi connectivity index (χ4v) is 4.72. The third kappa shape index (κ3) is 5.65. The molecule has 2 amide bonds. The maximum absolute atomic E-state index is 13.4. The van der Waals surface area contributed by atoms with Crippen molar-refractivity contribution in [2.24, 2.45) is 5.41 Å². The van der Waals surface area contributed by atoms with Gasteiger partial charge in [-0.15, -0.1) is 0 Å². The third-order valence-corrected chi connectivity index (χ3v) is 7.07. The summed E-state index contributed by atoms with van der Waals surface area (Å²) in [4.78, 5) is 57.7. The van der Waals surface area contributed by atoms with Crippen LogP contribution in [0.25, 0.3) is 0 Å². The number of nitro groups is 1. The smallest absolute Gasteiger partial charge is 0.269 e. The molecule has 198 valence electrons. The van der Waals surface area contributed by atoms with Gasteiger partial charge >= 0.3 is 0 Å². The molecule has 1 aliphatic heterocycles. The van der Waals surface area contributed by atoms with Crippen LogP contribution in [0.15, 0.2) is 48.5 Å². The number of carbonyl (C=O) groups excluding carboxylic acids is 3. The Labute approximate surface area is 223 Å². The van der Waals surface area contributed by atoms with E-state index in [1.165, 1.54) is 24.3 Å². The SMILES string of the molecule is COc1ccc(N2CCN(c3nc(NC(=O)C(C)(C)C)c(C(=O)c4ccc([N+](=O)[O-])cc4)s3)CC2=O)cc1. The minimum Gasteiger partial charge on any atom is -0.497 e. The van der Waals surface area contributed by atoms with Gasteiger partial charge in [0, 0.05) is 41.9 Å². The minimum absolute atomic E-state index is 0.0390. The summed E-state index contributed by atoms with van der Waals surface area (Å²) in [5, 5.41) is 14.2. The van der Waals surface area contributed by atoms with Crippen molar-refractivity contribution < 1.29 is 24.0 Å². The number of hydrogen-bond acceptors (Lipinski definition) is 9. The van der Waals surface area contributed by atoms with E-state index >= 15 is 0 Å². The molecule has 11 nitrogen and oxygen atoms in total. The summed E-state index contributed by atoms with van der Waals surface area (Å²) in [6, 6.07) is 12.4. The van der Waals surface area contributed by atoms with Gasteiger partial charge in [0.2, 0.25) is 17.6 Å². The van der Waals surface area contributed by atoms with E-state index in [1.54, 1.807) is 49.8 Å². The van der Waals surface area contributed by atoms with Crippen molar-refractivity contribution in [3.05, 3.63) is 69.1 Å². The number of nitro benzene ring substituents is 1. The van der Waals surface area contributed by atoms with Gasteiger partial charge in [0.1, 0.15) is 10.6 Å². The second-order valence-electron chi connectivity index (χ2n) is 9.68. The van der Waals surface area contributed by atoms with E-state index in [0.29, 0.717) is 24.0 Å². The standard InChI is InChI=1S/C26H27N5O6S/c1-26(2,3)24(34)27-23-22(21(33)16-5-7-18(8-6-16)31(35)36)38-25(28-23)29-13-14-30(20(32)15-29)17-9-11-19(37-4)12-10-17/h5-12H,13-15H2,1-4H3,(H,27,34). The Morgan fingerprint density at radius 3 is 2.29 bits per heavy atom. The number of ketones is 1. The number of nitrogens with zero attached hydrogens (tertiary/aromatic N) is 4. The van der Waals surface area contributed by atoms with Crippen molar-refractivity contribution in [3.63, 3.8) is 0 Å². The largest absolute Gasteiger partial charge is 0.497 e. The van der Waals surface area contributed by atoms with Crippen LogP contribution in [0.3, 0.4) is 0 Å². The molecule has 0 bridgehead atoms. The first-order valence-electron chi connectivity index (χ1n) is 11.8. The average molecular weight is 538 g/mol. The summed E-state index contributed by atoms with van der Waals surface area (Å²) < 4.78 is 5.18. The van der Waals surface area contributed by atoms with Gasteiger partial charge in [-0.25, -0.2) is 4.98 Å². The maximum Gasteiger partial charge on any atom is 0.269 e. The fourth-order valence-electron chi connectivity index (χ4n) is 3.72. The molecule has 4 rings (SSSR count). The predicted molar refractivity (Wildman–Crippen MR) is 144 cm³/mol. The molecule has 0 aliphatic carbocycles. The van der Waals surface area contributed by atoms with Crippen LogP contribution in [0.5, 0.6) is 5.75 Å². The molecule has 3 aromatic rings. The number of benzene rings is 2. The second kappa shape index (κ2) is 10.6. The maximum atomic E-state index is 13.4. The van der Waals surface area contributed by atoms with Crippen molar-refractivity contribution in [3.8, 4) is 5.75 Å². The van der Waals surface area contributed by atoms with Gasteiger partial charge in [0.05, 0.1) is 18.6 Å². The molecule has 0 radical (unpaired) electrons. The van der Waals surface area contributed by atoms with Gasteiger partial charge in [-0.2, -0.15) is 0 Å². The zero-order valence-electron chi connectivity index (χ0n) is 21.4. The number of rotatable bonds is 7. The van der Waals surface area contributed by atoms with Gasteiger partial charge in [0.25, 0.3) is 5.69 Å². The van der Waals surface area contributed by atoms with Crippen LogP contribution in [0, 0.1) is 15.5 Å². The highest BCUT2D eigenvalue weighted by atomic mass is 32.1. The van der Waals surface area contributed by atoms with Crippen LogP contribution < -0.4 is 19.9 Å². The molecule has 0 spiro atoms. The van der Waals surface area contributed by atoms with E-state index in [9.17, 15) is 24.5 Å². The van der Waals surface area contributed by atoms with Gasteiger partial charge in [-0.1, -0.05) is 32.1 Å². The number of non-ortho nitro benzene ring substituents is 1. The number of ether oxygens (including phenoxy) is 1. The lowest BCUT2D eigenvalue weighted by atomic mass is 9.96. The van der Waals surface area contributed by atoms with Gasteiger partial charge < -0.3 is 19.9 Å². The summed E-state index contributed by atoms with van der Waals surface area (Å²) in [5.41, 5.74) is 0.0949. The number of aromatic nitrogens is 1. The molecule has 1 aliphatic rings. The highest BCUT2D eigenvalue weighted by Gasteiger charge is 2.31. The highest BCUT2D eigenvalue weighted by molar-refractivity contribution is 7.18. The predicted octanol–water partition coefficient (Wildman–Crippen LogP) is 4.13. The second-order valence-corrected chi connectivity index (χ2v) is 10.7. The Morgan fingerprint density at radius 2 is 1.74 bits per heavy atom. The summed E-state index contributed by atoms with van der Waals surface area (Å²) in [6.07, 6.45) is 0. The van der Waals surface area contributed by atoms with E-state index in [4.69, 9.17) is 4.74 Å². The number of nitrogens with one attached hydrogen (secondary N) is 1. The molecule has 0 saturated carbocycles. The Morgan fingerprint density at radius 1 is 1.08 bits per heavy atom. The number of carbonyl (C=O) groups is 3. The summed E-state index contributed by atoms with van der Waals surface area (Å²) in [7, 11) is 1.58. The molecule has 12 heteroatoms. The zero-order chi connectivity index (χ0) is 27.6. The molecule has 2 heterocycles. The van der Waals surface area contributed by atoms with E-state index in [-0.39, 0.29) is 40.3 Å². The number of piperazine rings is 1. The van der Waals surface area contributed by atoms with E-state index in [1.807, 2.05) is 12.1 Å². The van der Waals surface area contributed by atoms with Gasteiger partial charge in [-0.05, 0) is 36.4 Å². The highest BCUT2D eigenvalue weighted by Crippen LogP contribution is 2.34. The van der Waals surface area contributed by atoms with Crippen LogP contribution in [0.1, 0.15) is 36.0 Å². The fraction of sp³-hybridized carbons (Fsp3) is 0.308. The lowest BCUT2D eigenvalue weighted by Crippen LogP contribution is -2.50. The molecule has 0 unspecified atom stereocenters. The van der Waals surface area contributed by atoms with Crippen molar-refractivity contribution in [1.29, 1.82) is 0 Å². The molecule has 38 heavy (non-hydrogen) atoms. The Kier molecular flexibility index (Phi) is 7.44. The van der Waals surface area contributed by atoms with E-state index in [2.05, 4.69) is 10.3 Å². The van der Waals surface area contributed by atoms with Crippen molar-refractivity contribution in [2.45, 2.75) is 20.8 Å². The zero-order valence-corrected chi connectivity index (χ0v) is 22.2. The lowest BCUT2D eigenvalue weighted by Gasteiger charge is -2.34. The number of anilines is 3. The normalized spacial score (nSPS) is 13.8. The number of hydrogen-bond donors (Lipinski definition) is 1. The first-order valence-corrected chi connectivity index (χ1v) is 12.6. The van der Waals surface area contributed by atoms with Crippen LogP contribution in [0.2, 0.25) is 0 Å². The summed E-state index contributed by atoms with van der Waals surface area (Å²) in [6.45, 7) is 6.13.